The first kappa shape index (κ1) is 20.9. The Bertz CT molecular complexity index is 613. The van der Waals surface area contributed by atoms with Crippen LogP contribution >= 0.6 is 15.9 Å². The zero-order valence-corrected chi connectivity index (χ0v) is 16.2. The average molecular weight is 416 g/mol. The first-order valence-electron chi connectivity index (χ1n) is 7.55. The van der Waals surface area contributed by atoms with Gasteiger partial charge in [-0.1, -0.05) is 6.07 Å². The Labute approximate surface area is 154 Å². The molecule has 0 aliphatic rings. The molecule has 0 aromatic carbocycles. The van der Waals surface area contributed by atoms with Gasteiger partial charge in [-0.15, -0.1) is 0 Å². The number of rotatable bonds is 6. The summed E-state index contributed by atoms with van der Waals surface area (Å²) in [6.07, 6.45) is 0.787. The highest BCUT2D eigenvalue weighted by atomic mass is 79.9. The molecule has 9 heteroatoms. The Morgan fingerprint density at radius 3 is 2.48 bits per heavy atom. The van der Waals surface area contributed by atoms with Crippen molar-refractivity contribution in [2.45, 2.75) is 38.8 Å². The number of carbonyl (C=O) groups excluding carboxylic acids is 3. The summed E-state index contributed by atoms with van der Waals surface area (Å²) in [4.78, 5) is 39.3. The monoisotopic (exact) mass is 415 g/mol. The number of carbonyl (C=O) groups is 3. The van der Waals surface area contributed by atoms with Gasteiger partial charge in [-0.2, -0.15) is 0 Å². The van der Waals surface area contributed by atoms with Gasteiger partial charge in [0, 0.05) is 6.20 Å². The van der Waals surface area contributed by atoms with Crippen molar-refractivity contribution in [2.24, 2.45) is 0 Å². The first-order chi connectivity index (χ1) is 11.6. The number of nitrogens with zero attached hydrogens (tertiary/aromatic N) is 1. The molecule has 0 spiro atoms. The topological polar surface area (TPSA) is 107 Å². The minimum absolute atomic E-state index is 0.0575. The lowest BCUT2D eigenvalue weighted by Gasteiger charge is -2.20. The second-order valence-electron chi connectivity index (χ2n) is 6.17. The van der Waals surface area contributed by atoms with Gasteiger partial charge in [-0.05, 0) is 48.3 Å². The summed E-state index contributed by atoms with van der Waals surface area (Å²) in [5.41, 5.74) is -0.0175. The van der Waals surface area contributed by atoms with Crippen molar-refractivity contribution in [3.05, 3.63) is 28.5 Å². The molecule has 0 fully saturated rings. The first-order valence-corrected chi connectivity index (χ1v) is 8.34. The van der Waals surface area contributed by atoms with E-state index in [-0.39, 0.29) is 13.0 Å². The normalized spacial score (nSPS) is 12.0. The summed E-state index contributed by atoms with van der Waals surface area (Å²) < 4.78 is 10.3. The smallest absolute Gasteiger partial charge is 0.408 e. The molecule has 0 radical (unpaired) electrons. The number of hydrogen-bond donors (Lipinski definition) is 2. The summed E-state index contributed by atoms with van der Waals surface area (Å²) in [5.74, 6) is -0.948. The number of pyridine rings is 1. The molecule has 1 atom stereocenters. The zero-order valence-electron chi connectivity index (χ0n) is 14.6. The molecule has 0 saturated heterocycles. The number of hydrogen-bond acceptors (Lipinski definition) is 6. The molecular weight excluding hydrogens is 394 g/mol. The molecule has 0 unspecified atom stereocenters. The van der Waals surface area contributed by atoms with Crippen LogP contribution in [-0.4, -0.2) is 42.2 Å². The minimum Gasteiger partial charge on any atom is -0.469 e. The van der Waals surface area contributed by atoms with E-state index in [0.29, 0.717) is 10.2 Å². The fraction of sp³-hybridized carbons (Fsp3) is 0.500. The SMILES string of the molecule is COC(=O)C[C@H](NC(=O)CNC(=O)OC(C)(C)C)c1ccc(Br)nc1. The summed E-state index contributed by atoms with van der Waals surface area (Å²) in [7, 11) is 1.27. The Morgan fingerprint density at radius 1 is 1.28 bits per heavy atom. The van der Waals surface area contributed by atoms with Gasteiger partial charge in [0.15, 0.2) is 0 Å². The van der Waals surface area contributed by atoms with Gasteiger partial charge < -0.3 is 20.1 Å². The van der Waals surface area contributed by atoms with Crippen LogP contribution < -0.4 is 10.6 Å². The highest BCUT2D eigenvalue weighted by molar-refractivity contribution is 9.10. The zero-order chi connectivity index (χ0) is 19.0. The van der Waals surface area contributed by atoms with E-state index >= 15 is 0 Å². The number of aromatic nitrogens is 1. The molecule has 2 N–H and O–H groups in total. The van der Waals surface area contributed by atoms with Crippen LogP contribution in [0.1, 0.15) is 38.8 Å². The molecule has 1 heterocycles. The van der Waals surface area contributed by atoms with Gasteiger partial charge in [0.05, 0.1) is 19.6 Å². The summed E-state index contributed by atoms with van der Waals surface area (Å²) in [5, 5.41) is 5.03. The number of amides is 2. The van der Waals surface area contributed by atoms with E-state index in [1.807, 2.05) is 0 Å². The number of halogens is 1. The highest BCUT2D eigenvalue weighted by Gasteiger charge is 2.21. The third kappa shape index (κ3) is 8.48. The van der Waals surface area contributed by atoms with Crippen LogP contribution in [0.15, 0.2) is 22.9 Å². The fourth-order valence-corrected chi connectivity index (χ4v) is 2.04. The van der Waals surface area contributed by atoms with Crippen LogP contribution in [0.2, 0.25) is 0 Å². The fourth-order valence-electron chi connectivity index (χ4n) is 1.81. The van der Waals surface area contributed by atoms with Crippen molar-refractivity contribution < 1.29 is 23.9 Å². The molecule has 0 bridgehead atoms. The van der Waals surface area contributed by atoms with E-state index in [9.17, 15) is 14.4 Å². The lowest BCUT2D eigenvalue weighted by atomic mass is 10.1. The van der Waals surface area contributed by atoms with E-state index in [2.05, 4.69) is 36.3 Å². The number of nitrogens with one attached hydrogen (secondary N) is 2. The Hall–Kier alpha value is -2.16. The minimum atomic E-state index is -0.697. The maximum atomic E-state index is 12.1. The standard InChI is InChI=1S/C16H22BrN3O5/c1-16(2,3)25-15(23)19-9-13(21)20-11(7-14(22)24-4)10-5-6-12(17)18-8-10/h5-6,8,11H,7,9H2,1-4H3,(H,19,23)(H,20,21)/t11-/m0/s1. The van der Waals surface area contributed by atoms with Gasteiger partial charge in [0.1, 0.15) is 16.7 Å². The van der Waals surface area contributed by atoms with E-state index in [4.69, 9.17) is 4.74 Å². The van der Waals surface area contributed by atoms with Crippen molar-refractivity contribution in [1.29, 1.82) is 0 Å². The Morgan fingerprint density at radius 2 is 1.96 bits per heavy atom. The molecule has 8 nitrogen and oxygen atoms in total. The maximum Gasteiger partial charge on any atom is 0.408 e. The Kier molecular flexibility index (Phi) is 7.82. The third-order valence-electron chi connectivity index (χ3n) is 2.88. The van der Waals surface area contributed by atoms with Crippen LogP contribution in [0.25, 0.3) is 0 Å². The van der Waals surface area contributed by atoms with Crippen LogP contribution in [0.5, 0.6) is 0 Å². The molecule has 2 amide bonds. The van der Waals surface area contributed by atoms with E-state index < -0.39 is 29.6 Å². The lowest BCUT2D eigenvalue weighted by Crippen LogP contribution is -2.41. The second-order valence-corrected chi connectivity index (χ2v) is 6.98. The van der Waals surface area contributed by atoms with Crippen molar-refractivity contribution in [3.63, 3.8) is 0 Å². The molecule has 1 rings (SSSR count). The van der Waals surface area contributed by atoms with Gasteiger partial charge in [0.25, 0.3) is 0 Å². The predicted octanol–water partition coefficient (Wildman–Crippen LogP) is 2.09. The molecule has 25 heavy (non-hydrogen) atoms. The second kappa shape index (κ2) is 9.36. The van der Waals surface area contributed by atoms with Crippen molar-refractivity contribution >= 4 is 33.9 Å². The molecular formula is C16H22BrN3O5. The average Bonchev–Trinajstić information content (AvgIpc) is 2.51. The molecule has 1 aromatic heterocycles. The van der Waals surface area contributed by atoms with Crippen molar-refractivity contribution in [2.75, 3.05) is 13.7 Å². The Balaban J connectivity index is 2.67. The molecule has 0 saturated carbocycles. The van der Waals surface area contributed by atoms with Crippen LogP contribution in [0.4, 0.5) is 4.79 Å². The maximum absolute atomic E-state index is 12.1. The number of ether oxygens (including phenoxy) is 2. The molecule has 0 aliphatic carbocycles. The number of methoxy groups -OCH3 is 1. The summed E-state index contributed by atoms with van der Waals surface area (Å²) in [6, 6.07) is 2.80. The predicted molar refractivity (Wildman–Crippen MR) is 93.7 cm³/mol. The number of alkyl carbamates (subject to hydrolysis) is 1. The van der Waals surface area contributed by atoms with E-state index in [1.54, 1.807) is 39.1 Å². The van der Waals surface area contributed by atoms with Crippen LogP contribution in [0, 0.1) is 0 Å². The van der Waals surface area contributed by atoms with Crippen LogP contribution in [-0.2, 0) is 19.1 Å². The quantitative estimate of drug-likeness (QED) is 0.543. The summed E-state index contributed by atoms with van der Waals surface area (Å²) in [6.45, 7) is 4.88. The lowest BCUT2D eigenvalue weighted by molar-refractivity contribution is -0.141. The van der Waals surface area contributed by atoms with Crippen molar-refractivity contribution in [3.8, 4) is 0 Å². The van der Waals surface area contributed by atoms with Gasteiger partial charge in [-0.25, -0.2) is 9.78 Å². The molecule has 138 valence electrons. The molecule has 1 aromatic rings. The van der Waals surface area contributed by atoms with E-state index in [0.717, 1.165) is 0 Å². The number of esters is 1. The third-order valence-corrected chi connectivity index (χ3v) is 3.35. The van der Waals surface area contributed by atoms with Gasteiger partial charge >= 0.3 is 12.1 Å². The van der Waals surface area contributed by atoms with Gasteiger partial charge in [0.2, 0.25) is 5.91 Å². The van der Waals surface area contributed by atoms with E-state index in [1.165, 1.54) is 7.11 Å². The van der Waals surface area contributed by atoms with Gasteiger partial charge in [-0.3, -0.25) is 9.59 Å². The van der Waals surface area contributed by atoms with Crippen LogP contribution in [0.3, 0.4) is 0 Å². The highest BCUT2D eigenvalue weighted by Crippen LogP contribution is 2.18. The largest absolute Gasteiger partial charge is 0.469 e. The summed E-state index contributed by atoms with van der Waals surface area (Å²) >= 11 is 3.22. The molecule has 0 aliphatic heterocycles. The van der Waals surface area contributed by atoms with Crippen molar-refractivity contribution in [1.82, 2.24) is 15.6 Å².